The van der Waals surface area contributed by atoms with Gasteiger partial charge in [-0.15, -0.1) is 0 Å². The highest BCUT2D eigenvalue weighted by atomic mass is 16.5. The lowest BCUT2D eigenvalue weighted by atomic mass is 9.89. The number of hydrogen-bond donors (Lipinski definition) is 0. The number of benzene rings is 3. The molecule has 1 unspecified atom stereocenters. The summed E-state index contributed by atoms with van der Waals surface area (Å²) in [7, 11) is 1.72. The van der Waals surface area contributed by atoms with Crippen LogP contribution in [0.15, 0.2) is 71.7 Å². The molecule has 4 nitrogen and oxygen atoms in total. The van der Waals surface area contributed by atoms with Gasteiger partial charge in [-0.25, -0.2) is 0 Å². The maximum absolute atomic E-state index is 5.93. The Morgan fingerprint density at radius 1 is 0.914 bits per heavy atom. The quantitative estimate of drug-likeness (QED) is 0.323. The third kappa shape index (κ3) is 5.22. The van der Waals surface area contributed by atoms with Crippen molar-refractivity contribution in [2.24, 2.45) is 4.99 Å². The van der Waals surface area contributed by atoms with Crippen LogP contribution >= 0.6 is 0 Å². The Labute approximate surface area is 209 Å². The molecule has 1 atom stereocenters. The molecule has 0 radical (unpaired) electrons. The number of nitrogens with zero attached hydrogens (tertiary/aromatic N) is 2. The van der Waals surface area contributed by atoms with Gasteiger partial charge in [0.1, 0.15) is 5.84 Å². The van der Waals surface area contributed by atoms with Crippen LogP contribution in [0.5, 0.6) is 11.5 Å². The van der Waals surface area contributed by atoms with Gasteiger partial charge in [0.25, 0.3) is 0 Å². The number of unbranched alkanes of at least 4 members (excludes halogenated alkanes) is 2. The molecule has 0 saturated heterocycles. The van der Waals surface area contributed by atoms with E-state index in [1.54, 1.807) is 7.11 Å². The SMILES string of the molecule is CCCCCOc1ccc(CCc2ccc(C3Cc4ccccc4C4=NCCN43)cc2)cc1OC. The van der Waals surface area contributed by atoms with E-state index in [1.807, 2.05) is 0 Å². The second-order valence-electron chi connectivity index (χ2n) is 9.56. The van der Waals surface area contributed by atoms with Crippen molar-refractivity contribution in [3.63, 3.8) is 0 Å². The van der Waals surface area contributed by atoms with Crippen LogP contribution in [0.3, 0.4) is 0 Å². The minimum Gasteiger partial charge on any atom is -0.493 e. The van der Waals surface area contributed by atoms with Crippen molar-refractivity contribution in [1.82, 2.24) is 4.90 Å². The zero-order valence-electron chi connectivity index (χ0n) is 21.0. The van der Waals surface area contributed by atoms with E-state index < -0.39 is 0 Å². The molecule has 5 rings (SSSR count). The molecule has 3 aromatic rings. The Hall–Kier alpha value is -3.27. The van der Waals surface area contributed by atoms with Gasteiger partial charge in [0.05, 0.1) is 26.3 Å². The zero-order chi connectivity index (χ0) is 24.0. The third-order valence-corrected chi connectivity index (χ3v) is 7.22. The summed E-state index contributed by atoms with van der Waals surface area (Å²) in [6.07, 6.45) is 6.50. The van der Waals surface area contributed by atoms with Gasteiger partial charge in [-0.3, -0.25) is 4.99 Å². The number of rotatable bonds is 10. The summed E-state index contributed by atoms with van der Waals surface area (Å²) in [5.41, 5.74) is 6.73. The molecule has 3 aromatic carbocycles. The standard InChI is InChI=1S/C31H36N2O2/c1-3-4-7-20-35-29-17-14-24(21-30(29)34-2)11-10-23-12-15-25(16-13-23)28-22-26-8-5-6-9-27(26)31-32-18-19-33(28)31/h5-6,8-9,12-17,21,28H,3-4,7,10-11,18-20,22H2,1-2H3. The van der Waals surface area contributed by atoms with Crippen molar-refractivity contribution in [3.8, 4) is 11.5 Å². The Balaban J connectivity index is 1.22. The van der Waals surface area contributed by atoms with E-state index in [-0.39, 0.29) is 0 Å². The van der Waals surface area contributed by atoms with E-state index in [1.165, 1.54) is 46.5 Å². The van der Waals surface area contributed by atoms with Crippen LogP contribution in [0, 0.1) is 0 Å². The molecule has 0 amide bonds. The fourth-order valence-electron chi connectivity index (χ4n) is 5.25. The van der Waals surface area contributed by atoms with E-state index in [2.05, 4.69) is 78.6 Å². The molecule has 182 valence electrons. The second-order valence-corrected chi connectivity index (χ2v) is 9.56. The summed E-state index contributed by atoms with van der Waals surface area (Å²) in [5, 5.41) is 0. The van der Waals surface area contributed by atoms with Crippen LogP contribution in [-0.4, -0.2) is 37.5 Å². The molecule has 4 heteroatoms. The molecule has 0 bridgehead atoms. The summed E-state index contributed by atoms with van der Waals surface area (Å²) in [4.78, 5) is 7.32. The predicted octanol–water partition coefficient (Wildman–Crippen LogP) is 6.41. The van der Waals surface area contributed by atoms with Crippen molar-refractivity contribution in [3.05, 3.63) is 94.5 Å². The molecule has 2 heterocycles. The third-order valence-electron chi connectivity index (χ3n) is 7.22. The van der Waals surface area contributed by atoms with Gasteiger partial charge >= 0.3 is 0 Å². The molecule has 2 aliphatic rings. The molecule has 2 aliphatic heterocycles. The van der Waals surface area contributed by atoms with E-state index in [0.717, 1.165) is 56.9 Å². The summed E-state index contributed by atoms with van der Waals surface area (Å²) >= 11 is 0. The molecule has 0 spiro atoms. The zero-order valence-corrected chi connectivity index (χ0v) is 21.0. The number of aryl methyl sites for hydroxylation is 2. The average molecular weight is 469 g/mol. The first-order chi connectivity index (χ1) is 17.3. The van der Waals surface area contributed by atoms with Crippen LogP contribution in [0.2, 0.25) is 0 Å². The van der Waals surface area contributed by atoms with Crippen LogP contribution in [-0.2, 0) is 19.3 Å². The number of fused-ring (bicyclic) bond motifs is 3. The highest BCUT2D eigenvalue weighted by molar-refractivity contribution is 6.02. The van der Waals surface area contributed by atoms with Crippen molar-refractivity contribution >= 4 is 5.84 Å². The molecule has 0 N–H and O–H groups in total. The van der Waals surface area contributed by atoms with Gasteiger partial charge in [-0.05, 0) is 60.1 Å². The summed E-state index contributed by atoms with van der Waals surface area (Å²) in [5.74, 6) is 2.85. The van der Waals surface area contributed by atoms with Gasteiger partial charge < -0.3 is 14.4 Å². The van der Waals surface area contributed by atoms with Crippen molar-refractivity contribution in [2.45, 2.75) is 51.5 Å². The van der Waals surface area contributed by atoms with Gasteiger partial charge in [-0.2, -0.15) is 0 Å². The van der Waals surface area contributed by atoms with Crippen molar-refractivity contribution in [2.75, 3.05) is 26.8 Å². The highest BCUT2D eigenvalue weighted by Crippen LogP contribution is 2.35. The van der Waals surface area contributed by atoms with Crippen LogP contribution < -0.4 is 9.47 Å². The number of aliphatic imine (C=N–C) groups is 1. The molecule has 0 saturated carbocycles. The molecule has 0 fully saturated rings. The fourth-order valence-corrected chi connectivity index (χ4v) is 5.25. The van der Waals surface area contributed by atoms with Crippen LogP contribution in [0.1, 0.15) is 60.0 Å². The minimum atomic E-state index is 0.370. The normalized spacial score (nSPS) is 16.5. The molecular formula is C31H36N2O2. The fraction of sp³-hybridized carbons (Fsp3) is 0.387. The smallest absolute Gasteiger partial charge is 0.161 e. The molecule has 0 aromatic heterocycles. The topological polar surface area (TPSA) is 34.1 Å². The highest BCUT2D eigenvalue weighted by Gasteiger charge is 2.33. The first kappa shape index (κ1) is 23.5. The summed E-state index contributed by atoms with van der Waals surface area (Å²) < 4.78 is 11.5. The first-order valence-corrected chi connectivity index (χ1v) is 13.0. The van der Waals surface area contributed by atoms with Crippen molar-refractivity contribution in [1.29, 1.82) is 0 Å². The van der Waals surface area contributed by atoms with Gasteiger partial charge in [-0.1, -0.05) is 74.4 Å². The lowest BCUT2D eigenvalue weighted by molar-refractivity contribution is 0.286. The molecule has 35 heavy (non-hydrogen) atoms. The van der Waals surface area contributed by atoms with Crippen molar-refractivity contribution < 1.29 is 9.47 Å². The Morgan fingerprint density at radius 3 is 2.54 bits per heavy atom. The second kappa shape index (κ2) is 11.0. The minimum absolute atomic E-state index is 0.370. The van der Waals surface area contributed by atoms with E-state index >= 15 is 0 Å². The summed E-state index contributed by atoms with van der Waals surface area (Å²) in [6.45, 7) is 4.85. The van der Waals surface area contributed by atoms with E-state index in [0.29, 0.717) is 6.04 Å². The van der Waals surface area contributed by atoms with Gasteiger partial charge in [0.2, 0.25) is 0 Å². The Kier molecular flexibility index (Phi) is 7.37. The lowest BCUT2D eigenvalue weighted by Gasteiger charge is -2.36. The maximum Gasteiger partial charge on any atom is 0.161 e. The lowest BCUT2D eigenvalue weighted by Crippen LogP contribution is -2.38. The number of hydrogen-bond acceptors (Lipinski definition) is 4. The molecule has 0 aliphatic carbocycles. The first-order valence-electron chi connectivity index (χ1n) is 13.0. The van der Waals surface area contributed by atoms with Gasteiger partial charge in [0, 0.05) is 12.1 Å². The Bertz CT molecular complexity index is 1170. The monoisotopic (exact) mass is 468 g/mol. The van der Waals surface area contributed by atoms with Gasteiger partial charge in [0.15, 0.2) is 11.5 Å². The predicted molar refractivity (Wildman–Crippen MR) is 143 cm³/mol. The number of ether oxygens (including phenoxy) is 2. The maximum atomic E-state index is 5.93. The average Bonchev–Trinajstić information content (AvgIpc) is 3.41. The van der Waals surface area contributed by atoms with E-state index in [9.17, 15) is 0 Å². The largest absolute Gasteiger partial charge is 0.493 e. The van der Waals surface area contributed by atoms with E-state index in [4.69, 9.17) is 14.5 Å². The Morgan fingerprint density at radius 2 is 1.71 bits per heavy atom. The number of amidine groups is 1. The molecular weight excluding hydrogens is 432 g/mol. The summed E-state index contributed by atoms with van der Waals surface area (Å²) in [6, 6.07) is 24.7. The number of methoxy groups -OCH3 is 1. The van der Waals surface area contributed by atoms with Crippen LogP contribution in [0.4, 0.5) is 0 Å². The van der Waals surface area contributed by atoms with Crippen LogP contribution in [0.25, 0.3) is 0 Å².